The maximum Gasteiger partial charge on any atom is 0.348 e. The lowest BCUT2D eigenvalue weighted by Gasteiger charge is -2.06. The standard InChI is InChI=1S/C13H8ClNO3S2/c1-17-12(16)10-5-8-13(20-10)18-9-3-2-6(14)4-7(9)11(19)15-8/h2-5H,1H3,(H,15,19). The molecule has 0 radical (unpaired) electrons. The van der Waals surface area contributed by atoms with Crippen LogP contribution in [0, 0.1) is 0 Å². The van der Waals surface area contributed by atoms with Gasteiger partial charge in [0.15, 0.2) is 0 Å². The maximum atomic E-state index is 11.5. The van der Waals surface area contributed by atoms with Gasteiger partial charge in [0.2, 0.25) is 5.06 Å². The molecule has 20 heavy (non-hydrogen) atoms. The van der Waals surface area contributed by atoms with Crippen LogP contribution in [-0.2, 0) is 4.74 Å². The molecule has 1 aromatic carbocycles. The number of esters is 1. The summed E-state index contributed by atoms with van der Waals surface area (Å²) in [5.74, 6) is 0.194. The fourth-order valence-corrected chi connectivity index (χ4v) is 3.13. The largest absolute Gasteiger partial charge is 0.465 e. The van der Waals surface area contributed by atoms with Crippen molar-refractivity contribution >= 4 is 51.8 Å². The lowest BCUT2D eigenvalue weighted by atomic mass is 10.2. The van der Waals surface area contributed by atoms with Gasteiger partial charge in [0.05, 0.1) is 18.4 Å². The van der Waals surface area contributed by atoms with Gasteiger partial charge in [-0.1, -0.05) is 35.2 Å². The van der Waals surface area contributed by atoms with E-state index in [0.29, 0.717) is 31.4 Å². The molecule has 4 nitrogen and oxygen atoms in total. The lowest BCUT2D eigenvalue weighted by Crippen LogP contribution is -2.08. The third kappa shape index (κ3) is 2.26. The number of ether oxygens (including phenoxy) is 2. The summed E-state index contributed by atoms with van der Waals surface area (Å²) in [5, 5.41) is 4.20. The van der Waals surface area contributed by atoms with Gasteiger partial charge >= 0.3 is 5.97 Å². The molecule has 7 heteroatoms. The van der Waals surface area contributed by atoms with E-state index in [1.54, 1.807) is 24.3 Å². The van der Waals surface area contributed by atoms with Crippen molar-refractivity contribution in [3.63, 3.8) is 0 Å². The summed E-state index contributed by atoms with van der Waals surface area (Å²) in [6, 6.07) is 6.87. The van der Waals surface area contributed by atoms with Gasteiger partial charge in [-0.2, -0.15) is 0 Å². The Labute approximate surface area is 129 Å². The van der Waals surface area contributed by atoms with E-state index >= 15 is 0 Å². The van der Waals surface area contributed by atoms with E-state index in [1.807, 2.05) is 0 Å². The van der Waals surface area contributed by atoms with Gasteiger partial charge < -0.3 is 14.8 Å². The number of anilines is 1. The first-order valence-electron chi connectivity index (χ1n) is 5.59. The highest BCUT2D eigenvalue weighted by Gasteiger charge is 2.23. The Bertz CT molecular complexity index is 726. The smallest absolute Gasteiger partial charge is 0.348 e. The quantitative estimate of drug-likeness (QED) is 0.632. The minimum absolute atomic E-state index is 0.407. The molecule has 0 amide bonds. The van der Waals surface area contributed by atoms with Gasteiger partial charge in [-0.25, -0.2) is 4.79 Å². The van der Waals surface area contributed by atoms with Gasteiger partial charge in [-0.05, 0) is 24.3 Å². The molecule has 0 aliphatic carbocycles. The summed E-state index contributed by atoms with van der Waals surface area (Å²) in [6.45, 7) is 0. The molecule has 1 aliphatic heterocycles. The molecule has 102 valence electrons. The number of nitrogens with one attached hydrogen (secondary N) is 1. The monoisotopic (exact) mass is 325 g/mol. The number of rotatable bonds is 1. The fraction of sp³-hybridized carbons (Fsp3) is 0.0769. The Hall–Kier alpha value is -1.63. The third-order valence-electron chi connectivity index (χ3n) is 2.72. The van der Waals surface area contributed by atoms with E-state index in [1.165, 1.54) is 18.4 Å². The number of hydrogen-bond donors (Lipinski definition) is 1. The summed E-state index contributed by atoms with van der Waals surface area (Å²) in [6.07, 6.45) is 0. The Morgan fingerprint density at radius 3 is 3.00 bits per heavy atom. The summed E-state index contributed by atoms with van der Waals surface area (Å²) >= 11 is 12.5. The number of carbonyl (C=O) groups is 1. The third-order valence-corrected chi connectivity index (χ3v) is 4.27. The van der Waals surface area contributed by atoms with Crippen LogP contribution >= 0.6 is 35.2 Å². The summed E-state index contributed by atoms with van der Waals surface area (Å²) < 4.78 is 10.5. The van der Waals surface area contributed by atoms with Gasteiger partial charge in [-0.3, -0.25) is 0 Å². The first-order chi connectivity index (χ1) is 9.58. The number of hydrogen-bond acceptors (Lipinski definition) is 5. The average molecular weight is 326 g/mol. The molecule has 0 saturated heterocycles. The van der Waals surface area contributed by atoms with Crippen molar-refractivity contribution in [2.75, 3.05) is 12.4 Å². The zero-order chi connectivity index (χ0) is 14.3. The lowest BCUT2D eigenvalue weighted by molar-refractivity contribution is 0.0606. The molecule has 0 fully saturated rings. The molecule has 0 saturated carbocycles. The van der Waals surface area contributed by atoms with Crippen molar-refractivity contribution in [3.8, 4) is 10.8 Å². The Morgan fingerprint density at radius 2 is 2.25 bits per heavy atom. The normalized spacial score (nSPS) is 12.6. The zero-order valence-electron chi connectivity index (χ0n) is 10.2. The zero-order valence-corrected chi connectivity index (χ0v) is 12.6. The van der Waals surface area contributed by atoms with Crippen molar-refractivity contribution in [1.82, 2.24) is 0 Å². The van der Waals surface area contributed by atoms with Crippen molar-refractivity contribution in [3.05, 3.63) is 39.7 Å². The second kappa shape index (κ2) is 5.05. The SMILES string of the molecule is COC(=O)c1cc2c(s1)Oc1ccc(Cl)cc1C(=S)N2. The van der Waals surface area contributed by atoms with E-state index in [4.69, 9.17) is 33.3 Å². The molecule has 1 N–H and O–H groups in total. The predicted molar refractivity (Wildman–Crippen MR) is 82.5 cm³/mol. The molecule has 2 heterocycles. The number of carbonyl (C=O) groups excluding carboxylic acids is 1. The number of halogens is 1. The summed E-state index contributed by atoms with van der Waals surface area (Å²) in [7, 11) is 1.34. The molecule has 2 aromatic rings. The number of thiophene rings is 1. The topological polar surface area (TPSA) is 47.6 Å². The van der Waals surface area contributed by atoms with Crippen LogP contribution in [0.1, 0.15) is 15.2 Å². The molecular weight excluding hydrogens is 318 g/mol. The molecule has 1 aromatic heterocycles. The first-order valence-corrected chi connectivity index (χ1v) is 7.19. The van der Waals surface area contributed by atoms with E-state index in [2.05, 4.69) is 5.32 Å². The van der Waals surface area contributed by atoms with Crippen LogP contribution in [0.4, 0.5) is 5.69 Å². The van der Waals surface area contributed by atoms with Crippen molar-refractivity contribution in [2.24, 2.45) is 0 Å². The number of fused-ring (bicyclic) bond motifs is 2. The molecular formula is C13H8ClNO3S2. The predicted octanol–water partition coefficient (Wildman–Crippen LogP) is 4.08. The van der Waals surface area contributed by atoms with Crippen molar-refractivity contribution in [1.29, 1.82) is 0 Å². The molecule has 0 bridgehead atoms. The fourth-order valence-electron chi connectivity index (χ4n) is 1.80. The molecule has 0 atom stereocenters. The highest BCUT2D eigenvalue weighted by molar-refractivity contribution is 7.81. The number of methoxy groups -OCH3 is 1. The molecule has 0 spiro atoms. The highest BCUT2D eigenvalue weighted by atomic mass is 35.5. The second-order valence-electron chi connectivity index (χ2n) is 4.00. The van der Waals surface area contributed by atoms with Crippen LogP contribution < -0.4 is 10.1 Å². The Balaban J connectivity index is 2.06. The van der Waals surface area contributed by atoms with Gasteiger partial charge in [0.25, 0.3) is 0 Å². The van der Waals surface area contributed by atoms with Crippen LogP contribution in [0.15, 0.2) is 24.3 Å². The van der Waals surface area contributed by atoms with Crippen LogP contribution in [-0.4, -0.2) is 18.1 Å². The van der Waals surface area contributed by atoms with Crippen LogP contribution in [0.2, 0.25) is 5.02 Å². The van der Waals surface area contributed by atoms with Gasteiger partial charge in [0, 0.05) is 5.02 Å². The molecule has 0 unspecified atom stereocenters. The van der Waals surface area contributed by atoms with Crippen LogP contribution in [0.25, 0.3) is 0 Å². The van der Waals surface area contributed by atoms with Gasteiger partial charge in [0.1, 0.15) is 15.6 Å². The van der Waals surface area contributed by atoms with Gasteiger partial charge in [-0.15, -0.1) is 0 Å². The van der Waals surface area contributed by atoms with E-state index in [9.17, 15) is 4.79 Å². The van der Waals surface area contributed by atoms with Crippen molar-refractivity contribution < 1.29 is 14.3 Å². The van der Waals surface area contributed by atoms with Crippen molar-refractivity contribution in [2.45, 2.75) is 0 Å². The second-order valence-corrected chi connectivity index (χ2v) is 5.86. The number of thiocarbonyl (C=S) groups is 1. The first kappa shape index (κ1) is 13.4. The summed E-state index contributed by atoms with van der Waals surface area (Å²) in [5.41, 5.74) is 1.36. The maximum absolute atomic E-state index is 11.5. The summed E-state index contributed by atoms with van der Waals surface area (Å²) in [4.78, 5) is 12.5. The van der Waals surface area contributed by atoms with E-state index < -0.39 is 5.97 Å². The highest BCUT2D eigenvalue weighted by Crippen LogP contribution is 2.42. The Kier molecular flexibility index (Phi) is 3.37. The van der Waals surface area contributed by atoms with Crippen LogP contribution in [0.3, 0.4) is 0 Å². The molecule has 1 aliphatic rings. The van der Waals surface area contributed by atoms with E-state index in [-0.39, 0.29) is 0 Å². The Morgan fingerprint density at radius 1 is 1.45 bits per heavy atom. The van der Waals surface area contributed by atoms with Crippen LogP contribution in [0.5, 0.6) is 10.8 Å². The average Bonchev–Trinajstić information content (AvgIpc) is 2.77. The molecule has 3 rings (SSSR count). The number of benzene rings is 1. The van der Waals surface area contributed by atoms with E-state index in [0.717, 1.165) is 5.56 Å². The minimum atomic E-state index is -0.407. The minimum Gasteiger partial charge on any atom is -0.465 e.